The van der Waals surface area contributed by atoms with Crippen LogP contribution in [0.3, 0.4) is 0 Å². The minimum atomic E-state index is -0.212. The van der Waals surface area contributed by atoms with E-state index in [-0.39, 0.29) is 11.9 Å². The number of benzene rings is 1. The predicted molar refractivity (Wildman–Crippen MR) is 75.4 cm³/mol. The van der Waals surface area contributed by atoms with Crippen LogP contribution >= 0.6 is 0 Å². The van der Waals surface area contributed by atoms with Gasteiger partial charge in [0.1, 0.15) is 5.82 Å². The number of allylic oxidation sites excluding steroid dienone is 1. The molecule has 3 heteroatoms. The van der Waals surface area contributed by atoms with Crippen LogP contribution in [0.25, 0.3) is 5.70 Å². The maximum atomic E-state index is 13.3. The monoisotopic (exact) mass is 256 g/mol. The summed E-state index contributed by atoms with van der Waals surface area (Å²) >= 11 is 0. The Bertz CT molecular complexity index is 588. The van der Waals surface area contributed by atoms with Crippen molar-refractivity contribution in [1.29, 1.82) is 0 Å². The third-order valence-electron chi connectivity index (χ3n) is 3.91. The largest absolute Gasteiger partial charge is 0.362 e. The van der Waals surface area contributed by atoms with Crippen LogP contribution in [-0.2, 0) is 6.54 Å². The van der Waals surface area contributed by atoms with Crippen LogP contribution in [0, 0.1) is 5.82 Å². The molecule has 3 rings (SSSR count). The minimum absolute atomic E-state index is 0.202. The van der Waals surface area contributed by atoms with Crippen molar-refractivity contribution >= 4 is 5.70 Å². The van der Waals surface area contributed by atoms with Gasteiger partial charge in [-0.05, 0) is 30.5 Å². The molecule has 2 aliphatic rings. The Hall–Kier alpha value is -2.03. The van der Waals surface area contributed by atoms with E-state index in [0.29, 0.717) is 0 Å². The second-order valence-corrected chi connectivity index (χ2v) is 5.18. The molecule has 0 bridgehead atoms. The molecule has 0 spiro atoms. The highest BCUT2D eigenvalue weighted by atomic mass is 19.1. The molecule has 2 heterocycles. The molecule has 1 aromatic rings. The first-order valence-electron chi connectivity index (χ1n) is 6.44. The second kappa shape index (κ2) is 4.26. The number of rotatable bonds is 1. The molecule has 1 unspecified atom stereocenters. The van der Waals surface area contributed by atoms with Gasteiger partial charge in [0, 0.05) is 29.2 Å². The summed E-state index contributed by atoms with van der Waals surface area (Å²) in [6.45, 7) is 12.9. The van der Waals surface area contributed by atoms with Crippen molar-refractivity contribution in [2.75, 3.05) is 0 Å². The summed E-state index contributed by atoms with van der Waals surface area (Å²) in [6, 6.07) is 5.11. The number of nitrogens with one attached hydrogen (secondary N) is 1. The lowest BCUT2D eigenvalue weighted by Gasteiger charge is -2.36. The quantitative estimate of drug-likeness (QED) is 0.828. The molecule has 1 fully saturated rings. The van der Waals surface area contributed by atoms with Gasteiger partial charge >= 0.3 is 0 Å². The number of fused-ring (bicyclic) bond motifs is 1. The number of hydrogen-bond acceptors (Lipinski definition) is 2. The molecule has 2 nitrogen and oxygen atoms in total. The zero-order valence-corrected chi connectivity index (χ0v) is 10.9. The zero-order chi connectivity index (χ0) is 13.6. The van der Waals surface area contributed by atoms with Crippen LogP contribution < -0.4 is 5.32 Å². The second-order valence-electron chi connectivity index (χ2n) is 5.18. The number of halogens is 1. The van der Waals surface area contributed by atoms with E-state index in [0.717, 1.165) is 47.6 Å². The number of nitrogens with zero attached hydrogens (tertiary/aromatic N) is 1. The minimum Gasteiger partial charge on any atom is -0.362 e. The summed E-state index contributed by atoms with van der Waals surface area (Å²) < 4.78 is 13.3. The fourth-order valence-electron chi connectivity index (χ4n) is 2.89. The molecule has 1 N–H and O–H groups in total. The van der Waals surface area contributed by atoms with Crippen LogP contribution in [0.2, 0.25) is 0 Å². The highest BCUT2D eigenvalue weighted by Crippen LogP contribution is 2.37. The normalized spacial score (nSPS) is 22.5. The maximum absolute atomic E-state index is 13.3. The molecule has 0 aromatic heterocycles. The summed E-state index contributed by atoms with van der Waals surface area (Å²) in [5.41, 5.74) is 4.89. The van der Waals surface area contributed by atoms with Gasteiger partial charge in [-0.1, -0.05) is 25.8 Å². The van der Waals surface area contributed by atoms with Gasteiger partial charge in [0.2, 0.25) is 0 Å². The molecule has 0 radical (unpaired) electrons. The molecule has 1 aromatic carbocycles. The van der Waals surface area contributed by atoms with Gasteiger partial charge in [-0.25, -0.2) is 4.39 Å². The Morgan fingerprint density at radius 2 is 2.05 bits per heavy atom. The Balaban J connectivity index is 1.88. The van der Waals surface area contributed by atoms with E-state index in [1.807, 2.05) is 6.07 Å². The standard InChI is InChI=1S/C16H17FN2/c1-10-4-7-16(11(2)18-10)19-9-13-5-6-14(17)8-15(13)12(19)3/h5-6,8,16,18H,1-4,7,9H2. The lowest BCUT2D eigenvalue weighted by atomic mass is 10.0. The Morgan fingerprint density at radius 3 is 2.79 bits per heavy atom. The number of piperidine rings is 1. The van der Waals surface area contributed by atoms with E-state index in [9.17, 15) is 4.39 Å². The van der Waals surface area contributed by atoms with Gasteiger partial charge in [-0.15, -0.1) is 0 Å². The average Bonchev–Trinajstić information content (AvgIpc) is 2.67. The molecule has 0 saturated carbocycles. The lowest BCUT2D eigenvalue weighted by Crippen LogP contribution is -2.39. The van der Waals surface area contributed by atoms with Crippen molar-refractivity contribution < 1.29 is 4.39 Å². The fraction of sp³-hybridized carbons (Fsp3) is 0.250. The van der Waals surface area contributed by atoms with Crippen LogP contribution in [0.4, 0.5) is 4.39 Å². The molecule has 0 amide bonds. The van der Waals surface area contributed by atoms with E-state index in [2.05, 4.69) is 30.0 Å². The van der Waals surface area contributed by atoms with E-state index >= 15 is 0 Å². The van der Waals surface area contributed by atoms with Gasteiger partial charge < -0.3 is 10.2 Å². The molecule has 1 atom stereocenters. The third-order valence-corrected chi connectivity index (χ3v) is 3.91. The van der Waals surface area contributed by atoms with Crippen molar-refractivity contribution in [1.82, 2.24) is 10.2 Å². The maximum Gasteiger partial charge on any atom is 0.123 e. The molecule has 19 heavy (non-hydrogen) atoms. The van der Waals surface area contributed by atoms with Crippen molar-refractivity contribution in [2.24, 2.45) is 0 Å². The predicted octanol–water partition coefficient (Wildman–Crippen LogP) is 3.39. The van der Waals surface area contributed by atoms with Crippen LogP contribution in [0.15, 0.2) is 49.3 Å². The van der Waals surface area contributed by atoms with Crippen LogP contribution in [-0.4, -0.2) is 10.9 Å². The van der Waals surface area contributed by atoms with Gasteiger partial charge in [-0.3, -0.25) is 0 Å². The summed E-state index contributed by atoms with van der Waals surface area (Å²) in [7, 11) is 0. The first kappa shape index (κ1) is 12.0. The fourth-order valence-corrected chi connectivity index (χ4v) is 2.89. The van der Waals surface area contributed by atoms with Gasteiger partial charge in [0.05, 0.1) is 6.04 Å². The zero-order valence-electron chi connectivity index (χ0n) is 10.9. The van der Waals surface area contributed by atoms with Crippen LogP contribution in [0.5, 0.6) is 0 Å². The SMILES string of the molecule is C=C1CCC(N2Cc3ccc(F)cc3C2=C)C(=C)N1. The topological polar surface area (TPSA) is 15.3 Å². The van der Waals surface area contributed by atoms with Crippen molar-refractivity contribution in [2.45, 2.75) is 25.4 Å². The van der Waals surface area contributed by atoms with Gasteiger partial charge in [0.25, 0.3) is 0 Å². The average molecular weight is 256 g/mol. The highest BCUT2D eigenvalue weighted by Gasteiger charge is 2.32. The van der Waals surface area contributed by atoms with E-state index in [4.69, 9.17) is 0 Å². The van der Waals surface area contributed by atoms with E-state index in [1.54, 1.807) is 6.07 Å². The first-order chi connectivity index (χ1) is 9.06. The van der Waals surface area contributed by atoms with E-state index < -0.39 is 0 Å². The summed E-state index contributed by atoms with van der Waals surface area (Å²) in [5, 5.41) is 3.22. The van der Waals surface area contributed by atoms with Crippen molar-refractivity contribution in [3.05, 3.63) is 66.3 Å². The van der Waals surface area contributed by atoms with E-state index in [1.165, 1.54) is 6.07 Å². The Morgan fingerprint density at radius 1 is 1.26 bits per heavy atom. The molecular formula is C16H17FN2. The van der Waals surface area contributed by atoms with Gasteiger partial charge in [0.15, 0.2) is 0 Å². The Labute approximate surface area is 112 Å². The molecule has 0 aliphatic carbocycles. The molecule has 2 aliphatic heterocycles. The van der Waals surface area contributed by atoms with Crippen LogP contribution in [0.1, 0.15) is 24.0 Å². The van der Waals surface area contributed by atoms with Crippen molar-refractivity contribution in [3.63, 3.8) is 0 Å². The summed E-state index contributed by atoms with van der Waals surface area (Å²) in [5.74, 6) is -0.212. The molecule has 1 saturated heterocycles. The molecule has 98 valence electrons. The highest BCUT2D eigenvalue weighted by molar-refractivity contribution is 5.69. The smallest absolute Gasteiger partial charge is 0.123 e. The molecular weight excluding hydrogens is 239 g/mol. The van der Waals surface area contributed by atoms with Gasteiger partial charge in [-0.2, -0.15) is 0 Å². The number of hydrogen-bond donors (Lipinski definition) is 1. The lowest BCUT2D eigenvalue weighted by molar-refractivity contribution is 0.297. The van der Waals surface area contributed by atoms with Crippen molar-refractivity contribution in [3.8, 4) is 0 Å². The third kappa shape index (κ3) is 1.95. The Kier molecular flexibility index (Phi) is 2.70. The summed E-state index contributed by atoms with van der Waals surface area (Å²) in [4.78, 5) is 2.20. The summed E-state index contributed by atoms with van der Waals surface area (Å²) in [6.07, 6.45) is 1.90. The first-order valence-corrected chi connectivity index (χ1v) is 6.44.